The van der Waals surface area contributed by atoms with Gasteiger partial charge in [0.15, 0.2) is 0 Å². The molecule has 0 amide bonds. The molecule has 1 heterocycles. The first-order valence-corrected chi connectivity index (χ1v) is 9.87. The van der Waals surface area contributed by atoms with E-state index in [1.165, 1.54) is 0 Å². The third-order valence-electron chi connectivity index (χ3n) is 5.40. The van der Waals surface area contributed by atoms with Gasteiger partial charge in [0.25, 0.3) is 0 Å². The number of benzene rings is 2. The molecule has 29 heavy (non-hydrogen) atoms. The van der Waals surface area contributed by atoms with Gasteiger partial charge in [-0.25, -0.2) is 4.99 Å². The summed E-state index contributed by atoms with van der Waals surface area (Å²) in [5.74, 6) is 2.42. The van der Waals surface area contributed by atoms with Crippen molar-refractivity contribution in [2.24, 2.45) is 4.99 Å². The molecule has 0 bridgehead atoms. The van der Waals surface area contributed by atoms with Gasteiger partial charge in [-0.2, -0.15) is 0 Å². The van der Waals surface area contributed by atoms with Crippen molar-refractivity contribution in [1.82, 2.24) is 0 Å². The molecule has 5 nitrogen and oxygen atoms in total. The van der Waals surface area contributed by atoms with Crippen molar-refractivity contribution in [3.63, 3.8) is 0 Å². The van der Waals surface area contributed by atoms with E-state index in [2.05, 4.69) is 49.9 Å². The fraction of sp³-hybridized carbons (Fsp3) is 0.375. The molecule has 0 N–H and O–H groups in total. The van der Waals surface area contributed by atoms with Crippen molar-refractivity contribution < 1.29 is 14.2 Å². The zero-order valence-electron chi connectivity index (χ0n) is 18.4. The molecule has 2 aromatic carbocycles. The number of aryl methyl sites for hydroxylation is 2. The highest BCUT2D eigenvalue weighted by Crippen LogP contribution is 2.37. The van der Waals surface area contributed by atoms with E-state index in [1.807, 2.05) is 19.1 Å². The highest BCUT2D eigenvalue weighted by atomic mass is 16.5. The van der Waals surface area contributed by atoms with Gasteiger partial charge in [-0.3, -0.25) is 0 Å². The molecule has 1 unspecified atom stereocenters. The minimum atomic E-state index is -0.0270. The van der Waals surface area contributed by atoms with Crippen molar-refractivity contribution in [2.75, 3.05) is 26.2 Å². The maximum atomic E-state index is 5.72. The van der Waals surface area contributed by atoms with Crippen LogP contribution in [0.5, 0.6) is 11.5 Å². The molecular formula is C24H30N2O3. The Morgan fingerprint density at radius 2 is 1.48 bits per heavy atom. The van der Waals surface area contributed by atoms with Crippen LogP contribution in [0.2, 0.25) is 0 Å². The monoisotopic (exact) mass is 394 g/mol. The Morgan fingerprint density at radius 1 is 0.862 bits per heavy atom. The molecule has 1 aliphatic rings. The summed E-state index contributed by atoms with van der Waals surface area (Å²) in [5, 5.41) is 0. The van der Waals surface area contributed by atoms with Gasteiger partial charge in [-0.15, -0.1) is 0 Å². The molecule has 0 aliphatic carbocycles. The van der Waals surface area contributed by atoms with E-state index in [4.69, 9.17) is 19.2 Å². The van der Waals surface area contributed by atoms with E-state index in [1.54, 1.807) is 21.3 Å². The summed E-state index contributed by atoms with van der Waals surface area (Å²) in [6.45, 7) is 8.37. The Kier molecular flexibility index (Phi) is 6.16. The van der Waals surface area contributed by atoms with Crippen LogP contribution < -0.4 is 14.4 Å². The van der Waals surface area contributed by atoms with Gasteiger partial charge < -0.3 is 19.1 Å². The summed E-state index contributed by atoms with van der Waals surface area (Å²) in [6.07, 6.45) is 0.838. The first-order chi connectivity index (χ1) is 13.9. The summed E-state index contributed by atoms with van der Waals surface area (Å²) in [4.78, 5) is 7.21. The molecule has 2 aromatic rings. The Labute approximate surface area is 173 Å². The number of anilines is 1. The fourth-order valence-corrected chi connectivity index (χ4v) is 3.93. The molecule has 0 saturated heterocycles. The van der Waals surface area contributed by atoms with E-state index >= 15 is 0 Å². The van der Waals surface area contributed by atoms with Crippen molar-refractivity contribution in [2.45, 2.75) is 40.3 Å². The van der Waals surface area contributed by atoms with E-state index in [9.17, 15) is 0 Å². The molecule has 0 spiro atoms. The second-order valence-corrected chi connectivity index (χ2v) is 7.20. The van der Waals surface area contributed by atoms with Crippen LogP contribution in [0.25, 0.3) is 5.57 Å². The van der Waals surface area contributed by atoms with Crippen LogP contribution in [0.15, 0.2) is 47.1 Å². The molecule has 0 fully saturated rings. The first kappa shape index (κ1) is 20.8. The Balaban J connectivity index is 2.16. The van der Waals surface area contributed by atoms with Crippen LogP contribution in [-0.4, -0.2) is 33.4 Å². The van der Waals surface area contributed by atoms with Crippen LogP contribution in [0.3, 0.4) is 0 Å². The van der Waals surface area contributed by atoms with E-state index < -0.39 is 0 Å². The quantitative estimate of drug-likeness (QED) is 0.685. The third kappa shape index (κ3) is 3.82. The predicted molar refractivity (Wildman–Crippen MR) is 119 cm³/mol. The molecule has 154 valence electrons. The van der Waals surface area contributed by atoms with Crippen LogP contribution in [-0.2, 0) is 4.74 Å². The average Bonchev–Trinajstić information content (AvgIpc) is 2.72. The van der Waals surface area contributed by atoms with Gasteiger partial charge in [-0.1, -0.05) is 13.0 Å². The Morgan fingerprint density at radius 3 is 2.00 bits per heavy atom. The molecule has 0 saturated carbocycles. The number of methoxy groups -OCH3 is 3. The number of hydrogen-bond donors (Lipinski definition) is 0. The highest BCUT2D eigenvalue weighted by Gasteiger charge is 2.30. The van der Waals surface area contributed by atoms with Crippen molar-refractivity contribution in [3.8, 4) is 11.5 Å². The summed E-state index contributed by atoms with van der Waals surface area (Å²) >= 11 is 0. The van der Waals surface area contributed by atoms with Gasteiger partial charge in [-0.05, 0) is 74.2 Å². The fourth-order valence-electron chi connectivity index (χ4n) is 3.93. The van der Waals surface area contributed by atoms with E-state index in [-0.39, 0.29) is 6.17 Å². The zero-order chi connectivity index (χ0) is 21.1. The molecule has 1 atom stereocenters. The summed E-state index contributed by atoms with van der Waals surface area (Å²) in [6, 6.07) is 12.4. The summed E-state index contributed by atoms with van der Waals surface area (Å²) < 4.78 is 16.6. The number of allylic oxidation sites excluding steroid dienone is 1. The SMILES string of the molecule is CCC1N=C(OC)C(c2ccc(OC)c(C)c2)=C(C)N1c1ccc(OC)c(C)c1. The normalized spacial score (nSPS) is 16.6. The predicted octanol–water partition coefficient (Wildman–Crippen LogP) is 5.35. The number of hydrogen-bond acceptors (Lipinski definition) is 5. The second-order valence-electron chi connectivity index (χ2n) is 7.20. The molecule has 3 rings (SSSR count). The lowest BCUT2D eigenvalue weighted by Gasteiger charge is -2.37. The number of aliphatic imine (C=N–C) groups is 1. The smallest absolute Gasteiger partial charge is 0.220 e. The van der Waals surface area contributed by atoms with Gasteiger partial charge >= 0.3 is 0 Å². The lowest BCUT2D eigenvalue weighted by atomic mass is 9.98. The number of nitrogens with zero attached hydrogens (tertiary/aromatic N) is 2. The van der Waals surface area contributed by atoms with Crippen LogP contribution in [0, 0.1) is 13.8 Å². The lowest BCUT2D eigenvalue weighted by molar-refractivity contribution is 0.398. The molecule has 1 aliphatic heterocycles. The third-order valence-corrected chi connectivity index (χ3v) is 5.40. The summed E-state index contributed by atoms with van der Waals surface area (Å²) in [5.41, 5.74) is 6.43. The Bertz CT molecular complexity index is 963. The topological polar surface area (TPSA) is 43.3 Å². The Hall–Kier alpha value is -2.95. The molecular weight excluding hydrogens is 364 g/mol. The zero-order valence-corrected chi connectivity index (χ0v) is 18.4. The largest absolute Gasteiger partial charge is 0.496 e. The summed E-state index contributed by atoms with van der Waals surface area (Å²) in [7, 11) is 5.07. The number of rotatable bonds is 5. The number of ether oxygens (including phenoxy) is 3. The van der Waals surface area contributed by atoms with Gasteiger partial charge in [0, 0.05) is 11.4 Å². The lowest BCUT2D eigenvalue weighted by Crippen LogP contribution is -2.38. The highest BCUT2D eigenvalue weighted by molar-refractivity contribution is 6.22. The van der Waals surface area contributed by atoms with Gasteiger partial charge in [0.05, 0.1) is 26.9 Å². The van der Waals surface area contributed by atoms with E-state index in [0.29, 0.717) is 5.90 Å². The van der Waals surface area contributed by atoms with Crippen molar-refractivity contribution >= 4 is 17.2 Å². The molecule has 5 heteroatoms. The standard InChI is InChI=1S/C24H30N2O3/c1-8-22-25-24(29-7)23(18-9-11-20(27-5)15(2)13-18)17(4)26(22)19-10-12-21(28-6)16(3)14-19/h9-14,22H,8H2,1-7H3. The average molecular weight is 395 g/mol. The maximum absolute atomic E-state index is 5.72. The molecule has 0 radical (unpaired) electrons. The first-order valence-electron chi connectivity index (χ1n) is 9.87. The van der Waals surface area contributed by atoms with Crippen molar-refractivity contribution in [3.05, 3.63) is 58.8 Å². The van der Waals surface area contributed by atoms with Crippen LogP contribution in [0.1, 0.15) is 37.0 Å². The maximum Gasteiger partial charge on any atom is 0.220 e. The van der Waals surface area contributed by atoms with Crippen molar-refractivity contribution in [1.29, 1.82) is 0 Å². The van der Waals surface area contributed by atoms with Gasteiger partial charge in [0.2, 0.25) is 5.90 Å². The minimum absolute atomic E-state index is 0.0270. The van der Waals surface area contributed by atoms with Crippen LogP contribution >= 0.6 is 0 Å². The minimum Gasteiger partial charge on any atom is -0.496 e. The van der Waals surface area contributed by atoms with Gasteiger partial charge in [0.1, 0.15) is 17.7 Å². The van der Waals surface area contributed by atoms with Crippen LogP contribution in [0.4, 0.5) is 5.69 Å². The second kappa shape index (κ2) is 8.60. The van der Waals surface area contributed by atoms with E-state index in [0.717, 1.165) is 51.6 Å². The molecule has 0 aromatic heterocycles.